The number of thioether (sulfide) groups is 1. The molecule has 0 aliphatic carbocycles. The van der Waals surface area contributed by atoms with E-state index in [0.717, 1.165) is 48.5 Å². The summed E-state index contributed by atoms with van der Waals surface area (Å²) in [6, 6.07) is 16.0. The largest absolute Gasteiger partial charge is 0.391 e. The lowest BCUT2D eigenvalue weighted by atomic mass is 10.0. The van der Waals surface area contributed by atoms with Crippen LogP contribution in [0, 0.1) is 6.92 Å². The zero-order chi connectivity index (χ0) is 24.8. The Balaban J connectivity index is 1.76. The van der Waals surface area contributed by atoms with E-state index in [-0.39, 0.29) is 12.5 Å². The SMILES string of the molecule is C=C(c1cc(C)cc(C(=O)NCC(O)CCOCCSc2ccccc2)c1)N(CCC)CCC. The van der Waals surface area contributed by atoms with Crippen molar-refractivity contribution in [1.82, 2.24) is 10.2 Å². The van der Waals surface area contributed by atoms with Gasteiger partial charge in [0, 0.05) is 48.1 Å². The number of hydrogen-bond donors (Lipinski definition) is 2. The predicted octanol–water partition coefficient (Wildman–Crippen LogP) is 5.38. The van der Waals surface area contributed by atoms with Crippen molar-refractivity contribution in [1.29, 1.82) is 0 Å². The van der Waals surface area contributed by atoms with Crippen LogP contribution in [-0.4, -0.2) is 60.6 Å². The summed E-state index contributed by atoms with van der Waals surface area (Å²) >= 11 is 1.75. The highest BCUT2D eigenvalue weighted by molar-refractivity contribution is 7.99. The van der Waals surface area contributed by atoms with Gasteiger partial charge in [-0.1, -0.05) is 38.6 Å². The number of aliphatic hydroxyl groups excluding tert-OH is 1. The van der Waals surface area contributed by atoms with Crippen molar-refractivity contribution in [3.8, 4) is 0 Å². The predicted molar refractivity (Wildman–Crippen MR) is 143 cm³/mol. The summed E-state index contributed by atoms with van der Waals surface area (Å²) in [5.41, 5.74) is 3.52. The average Bonchev–Trinajstić information content (AvgIpc) is 2.84. The van der Waals surface area contributed by atoms with E-state index in [0.29, 0.717) is 25.2 Å². The minimum Gasteiger partial charge on any atom is -0.391 e. The second-order valence-electron chi connectivity index (χ2n) is 8.45. The van der Waals surface area contributed by atoms with Gasteiger partial charge in [-0.25, -0.2) is 0 Å². The lowest BCUT2D eigenvalue weighted by molar-refractivity contribution is 0.0797. The zero-order valence-electron chi connectivity index (χ0n) is 20.9. The fourth-order valence-electron chi connectivity index (χ4n) is 3.66. The van der Waals surface area contributed by atoms with Crippen LogP contribution in [0.4, 0.5) is 0 Å². The summed E-state index contributed by atoms with van der Waals surface area (Å²) in [5, 5.41) is 13.1. The van der Waals surface area contributed by atoms with E-state index >= 15 is 0 Å². The maximum atomic E-state index is 12.7. The van der Waals surface area contributed by atoms with Crippen LogP contribution in [0.5, 0.6) is 0 Å². The van der Waals surface area contributed by atoms with Crippen LogP contribution in [0.1, 0.15) is 54.6 Å². The van der Waals surface area contributed by atoms with Crippen molar-refractivity contribution < 1.29 is 14.6 Å². The quantitative estimate of drug-likeness (QED) is 0.247. The molecule has 186 valence electrons. The van der Waals surface area contributed by atoms with Gasteiger partial charge in [-0.2, -0.15) is 0 Å². The number of nitrogens with one attached hydrogen (secondary N) is 1. The molecule has 0 saturated carbocycles. The molecule has 2 rings (SSSR count). The third-order valence-electron chi connectivity index (χ3n) is 5.37. The van der Waals surface area contributed by atoms with Crippen LogP contribution in [0.15, 0.2) is 60.0 Å². The van der Waals surface area contributed by atoms with Crippen molar-refractivity contribution in [2.24, 2.45) is 0 Å². The molecule has 0 spiro atoms. The summed E-state index contributed by atoms with van der Waals surface area (Å²) in [6.07, 6.45) is 1.93. The number of aliphatic hydroxyl groups is 1. The number of rotatable bonds is 16. The molecule has 0 aliphatic heterocycles. The molecule has 0 radical (unpaired) electrons. The first-order valence-corrected chi connectivity index (χ1v) is 13.2. The van der Waals surface area contributed by atoms with Crippen LogP contribution in [0.3, 0.4) is 0 Å². The molecule has 2 N–H and O–H groups in total. The molecule has 2 aromatic rings. The van der Waals surface area contributed by atoms with Gasteiger partial charge in [0.05, 0.1) is 12.7 Å². The summed E-state index contributed by atoms with van der Waals surface area (Å²) < 4.78 is 5.63. The van der Waals surface area contributed by atoms with Gasteiger partial charge in [-0.15, -0.1) is 11.8 Å². The highest BCUT2D eigenvalue weighted by Gasteiger charge is 2.14. The molecule has 1 unspecified atom stereocenters. The molecule has 34 heavy (non-hydrogen) atoms. The average molecular weight is 485 g/mol. The van der Waals surface area contributed by atoms with Crippen molar-refractivity contribution in [3.05, 3.63) is 71.8 Å². The van der Waals surface area contributed by atoms with E-state index in [1.807, 2.05) is 37.3 Å². The molecular formula is C28H40N2O3S. The lowest BCUT2D eigenvalue weighted by Crippen LogP contribution is -2.33. The molecule has 0 fully saturated rings. The van der Waals surface area contributed by atoms with Gasteiger partial charge < -0.3 is 20.1 Å². The first-order chi connectivity index (χ1) is 16.4. The topological polar surface area (TPSA) is 61.8 Å². The number of aryl methyl sites for hydroxylation is 1. The van der Waals surface area contributed by atoms with Crippen LogP contribution in [0.2, 0.25) is 0 Å². The molecule has 0 bridgehead atoms. The van der Waals surface area contributed by atoms with Gasteiger partial charge in [-0.3, -0.25) is 4.79 Å². The van der Waals surface area contributed by atoms with Crippen molar-refractivity contribution in [2.75, 3.05) is 38.6 Å². The van der Waals surface area contributed by atoms with Crippen molar-refractivity contribution in [3.63, 3.8) is 0 Å². The third kappa shape index (κ3) is 9.92. The molecule has 0 saturated heterocycles. The summed E-state index contributed by atoms with van der Waals surface area (Å²) in [4.78, 5) is 16.2. The summed E-state index contributed by atoms with van der Waals surface area (Å²) in [5.74, 6) is 0.681. The van der Waals surface area contributed by atoms with Gasteiger partial charge in [-0.05, 0) is 67.6 Å². The van der Waals surface area contributed by atoms with Gasteiger partial charge in [0.15, 0.2) is 0 Å². The Labute approximate surface area is 209 Å². The van der Waals surface area contributed by atoms with Crippen molar-refractivity contribution in [2.45, 2.75) is 51.0 Å². The Bertz CT molecular complexity index is 882. The molecule has 0 aromatic heterocycles. The van der Waals surface area contributed by atoms with E-state index < -0.39 is 6.10 Å². The number of amides is 1. The number of nitrogens with zero attached hydrogens (tertiary/aromatic N) is 1. The van der Waals surface area contributed by atoms with E-state index in [1.54, 1.807) is 11.8 Å². The molecule has 1 amide bonds. The summed E-state index contributed by atoms with van der Waals surface area (Å²) in [7, 11) is 0. The smallest absolute Gasteiger partial charge is 0.251 e. The van der Waals surface area contributed by atoms with Crippen LogP contribution >= 0.6 is 11.8 Å². The Hall–Kier alpha value is -2.28. The van der Waals surface area contributed by atoms with E-state index in [9.17, 15) is 9.90 Å². The molecule has 1 atom stereocenters. The molecule has 5 nitrogen and oxygen atoms in total. The second kappa shape index (κ2) is 15.6. The lowest BCUT2D eigenvalue weighted by Gasteiger charge is -2.26. The standard InChI is InChI=1S/C28H40N2O3S/c1-5-13-30(14-6-2)23(4)24-18-22(3)19-25(20-24)28(32)29-21-26(31)12-15-33-16-17-34-27-10-8-7-9-11-27/h7-11,18-20,26,31H,4-6,12-17,21H2,1-3H3,(H,29,32). The highest BCUT2D eigenvalue weighted by Crippen LogP contribution is 2.21. The van der Waals surface area contributed by atoms with Gasteiger partial charge >= 0.3 is 0 Å². The Morgan fingerprint density at radius 2 is 1.76 bits per heavy atom. The van der Waals surface area contributed by atoms with E-state index in [2.05, 4.69) is 48.8 Å². The van der Waals surface area contributed by atoms with E-state index in [1.165, 1.54) is 4.90 Å². The minimum absolute atomic E-state index is 0.186. The highest BCUT2D eigenvalue weighted by atomic mass is 32.2. The molecule has 0 aliphatic rings. The van der Waals surface area contributed by atoms with Gasteiger partial charge in [0.2, 0.25) is 0 Å². The Morgan fingerprint density at radius 3 is 2.44 bits per heavy atom. The number of benzene rings is 2. The molecule has 0 heterocycles. The number of carbonyl (C=O) groups is 1. The van der Waals surface area contributed by atoms with Crippen LogP contribution in [0.25, 0.3) is 5.70 Å². The fourth-order valence-corrected chi connectivity index (χ4v) is 4.44. The molecular weight excluding hydrogens is 444 g/mol. The zero-order valence-corrected chi connectivity index (χ0v) is 21.7. The van der Waals surface area contributed by atoms with Gasteiger partial charge in [0.25, 0.3) is 5.91 Å². The van der Waals surface area contributed by atoms with Crippen molar-refractivity contribution >= 4 is 23.4 Å². The molecule has 6 heteroatoms. The first kappa shape index (κ1) is 28.0. The Morgan fingerprint density at radius 1 is 1.09 bits per heavy atom. The molecule has 2 aromatic carbocycles. The monoisotopic (exact) mass is 484 g/mol. The minimum atomic E-state index is -0.644. The van der Waals surface area contributed by atoms with Crippen LogP contribution in [-0.2, 0) is 4.74 Å². The summed E-state index contributed by atoms with van der Waals surface area (Å²) in [6.45, 7) is 13.8. The number of hydrogen-bond acceptors (Lipinski definition) is 5. The maximum Gasteiger partial charge on any atom is 0.251 e. The van der Waals surface area contributed by atoms with Gasteiger partial charge in [0.1, 0.15) is 0 Å². The maximum absolute atomic E-state index is 12.7. The normalized spacial score (nSPS) is 11.8. The fraction of sp³-hybridized carbons (Fsp3) is 0.464. The Kier molecular flexibility index (Phi) is 12.8. The van der Waals surface area contributed by atoms with E-state index in [4.69, 9.17) is 4.74 Å². The third-order valence-corrected chi connectivity index (χ3v) is 6.35. The number of carbonyl (C=O) groups excluding carboxylic acids is 1. The first-order valence-electron chi connectivity index (χ1n) is 12.2. The number of ether oxygens (including phenoxy) is 1. The second-order valence-corrected chi connectivity index (χ2v) is 9.62. The van der Waals surface area contributed by atoms with Crippen LogP contribution < -0.4 is 5.32 Å².